The van der Waals surface area contributed by atoms with Crippen LogP contribution in [0.3, 0.4) is 0 Å². The lowest BCUT2D eigenvalue weighted by Gasteiger charge is -1.99. The molecule has 0 saturated carbocycles. The van der Waals surface area contributed by atoms with Crippen molar-refractivity contribution in [3.05, 3.63) is 0 Å². The molecule has 0 rings (SSSR count). The molecule has 0 aliphatic rings. The summed E-state index contributed by atoms with van der Waals surface area (Å²) in [6.07, 6.45) is 2.55. The lowest BCUT2D eigenvalue weighted by molar-refractivity contribution is -0.143. The van der Waals surface area contributed by atoms with E-state index in [2.05, 4.69) is 6.92 Å². The van der Waals surface area contributed by atoms with Crippen LogP contribution in [0.1, 0.15) is 40.0 Å². The Bertz CT molecular complexity index is 139. The number of rotatable bonds is 4. The molecule has 4 heteroatoms. The third-order valence-corrected chi connectivity index (χ3v) is 1.05. The fourth-order valence-corrected chi connectivity index (χ4v) is 0.432. The quantitative estimate of drug-likeness (QED) is 0.542. The Balaban J connectivity index is 0. The van der Waals surface area contributed by atoms with Gasteiger partial charge in [-0.15, -0.1) is 0 Å². The van der Waals surface area contributed by atoms with Crippen molar-refractivity contribution in [2.75, 3.05) is 6.61 Å². The second-order valence-electron chi connectivity index (χ2n) is 2.45. The van der Waals surface area contributed by atoms with Gasteiger partial charge >= 0.3 is 5.97 Å². The van der Waals surface area contributed by atoms with E-state index >= 15 is 0 Å². The second-order valence-corrected chi connectivity index (χ2v) is 2.45. The van der Waals surface area contributed by atoms with E-state index in [9.17, 15) is 4.79 Å². The van der Waals surface area contributed by atoms with E-state index in [1.165, 1.54) is 0 Å². The smallest absolute Gasteiger partial charge is 0.305 e. The molecule has 0 aliphatic carbocycles. The van der Waals surface area contributed by atoms with Crippen molar-refractivity contribution in [1.82, 2.24) is 0 Å². The van der Waals surface area contributed by atoms with Crippen LogP contribution in [0.25, 0.3) is 0 Å². The minimum atomic E-state index is -0.833. The van der Waals surface area contributed by atoms with Gasteiger partial charge in [0, 0.05) is 13.3 Å². The molecule has 0 amide bonds. The van der Waals surface area contributed by atoms with Gasteiger partial charge in [-0.3, -0.25) is 9.59 Å². The van der Waals surface area contributed by atoms with Crippen molar-refractivity contribution >= 4 is 11.9 Å². The Morgan fingerprint density at radius 1 is 1.31 bits per heavy atom. The van der Waals surface area contributed by atoms with Crippen LogP contribution in [-0.4, -0.2) is 23.7 Å². The molecule has 0 radical (unpaired) electrons. The maximum atomic E-state index is 10.5. The van der Waals surface area contributed by atoms with Gasteiger partial charge in [0.15, 0.2) is 0 Å². The Morgan fingerprint density at radius 3 is 2.08 bits per heavy atom. The van der Waals surface area contributed by atoms with Gasteiger partial charge in [0.2, 0.25) is 0 Å². The molecule has 0 bridgehead atoms. The van der Waals surface area contributed by atoms with Crippen molar-refractivity contribution in [3.8, 4) is 0 Å². The van der Waals surface area contributed by atoms with E-state index in [0.717, 1.165) is 19.8 Å². The van der Waals surface area contributed by atoms with Gasteiger partial charge in [0.05, 0.1) is 6.61 Å². The van der Waals surface area contributed by atoms with Crippen molar-refractivity contribution in [2.45, 2.75) is 40.0 Å². The Hall–Kier alpha value is -1.06. The van der Waals surface area contributed by atoms with Crippen LogP contribution in [0.5, 0.6) is 0 Å². The average Bonchev–Trinajstić information content (AvgIpc) is 2.03. The molecule has 0 atom stereocenters. The minimum Gasteiger partial charge on any atom is -0.481 e. The highest BCUT2D eigenvalue weighted by atomic mass is 16.5. The maximum absolute atomic E-state index is 10.5. The zero-order valence-corrected chi connectivity index (χ0v) is 8.50. The monoisotopic (exact) mass is 190 g/mol. The molecule has 78 valence electrons. The lowest BCUT2D eigenvalue weighted by atomic mass is 10.4. The SMILES string of the molecule is CC(=O)O.CCCCOC(=O)CC. The summed E-state index contributed by atoms with van der Waals surface area (Å²) in [5, 5.41) is 7.42. The number of hydrogen-bond acceptors (Lipinski definition) is 3. The molecule has 4 nitrogen and oxygen atoms in total. The normalized spacial score (nSPS) is 8.23. The van der Waals surface area contributed by atoms with Crippen LogP contribution < -0.4 is 0 Å². The molecule has 13 heavy (non-hydrogen) atoms. The average molecular weight is 190 g/mol. The van der Waals surface area contributed by atoms with Gasteiger partial charge in [-0.25, -0.2) is 0 Å². The van der Waals surface area contributed by atoms with Crippen LogP contribution in [-0.2, 0) is 14.3 Å². The van der Waals surface area contributed by atoms with Crippen molar-refractivity contribution in [2.24, 2.45) is 0 Å². The number of esters is 1. The first-order valence-corrected chi connectivity index (χ1v) is 4.39. The molecule has 0 heterocycles. The number of carbonyl (C=O) groups excluding carboxylic acids is 1. The minimum absolute atomic E-state index is 0.0940. The molecule has 0 aliphatic heterocycles. The van der Waals surface area contributed by atoms with Crippen molar-refractivity contribution < 1.29 is 19.4 Å². The predicted molar refractivity (Wildman–Crippen MR) is 49.5 cm³/mol. The van der Waals surface area contributed by atoms with E-state index in [-0.39, 0.29) is 5.97 Å². The second kappa shape index (κ2) is 10.9. The van der Waals surface area contributed by atoms with Gasteiger partial charge in [0.1, 0.15) is 0 Å². The van der Waals surface area contributed by atoms with Gasteiger partial charge < -0.3 is 9.84 Å². The van der Waals surface area contributed by atoms with Gasteiger partial charge in [-0.1, -0.05) is 20.3 Å². The molecule has 0 saturated heterocycles. The first-order chi connectivity index (χ1) is 6.04. The lowest BCUT2D eigenvalue weighted by Crippen LogP contribution is -2.02. The number of carbonyl (C=O) groups is 2. The van der Waals surface area contributed by atoms with Crippen LogP contribution >= 0.6 is 0 Å². The van der Waals surface area contributed by atoms with Crippen molar-refractivity contribution in [3.63, 3.8) is 0 Å². The Morgan fingerprint density at radius 2 is 1.77 bits per heavy atom. The number of aliphatic carboxylic acids is 1. The number of carboxylic acids is 1. The van der Waals surface area contributed by atoms with Crippen molar-refractivity contribution in [1.29, 1.82) is 0 Å². The molecule has 0 fully saturated rings. The van der Waals surface area contributed by atoms with E-state index in [1.54, 1.807) is 6.92 Å². The summed E-state index contributed by atoms with van der Waals surface area (Å²) in [6.45, 7) is 5.54. The Labute approximate surface area is 78.9 Å². The molecule has 1 N–H and O–H groups in total. The van der Waals surface area contributed by atoms with Crippen LogP contribution in [0, 0.1) is 0 Å². The molecule has 0 aromatic rings. The molecule has 0 aromatic carbocycles. The number of ether oxygens (including phenoxy) is 1. The standard InChI is InChI=1S/C7H14O2.C2H4O2/c1-3-5-6-9-7(8)4-2;1-2(3)4/h3-6H2,1-2H3;1H3,(H,3,4). The highest BCUT2D eigenvalue weighted by molar-refractivity contribution is 5.68. The topological polar surface area (TPSA) is 63.6 Å². The summed E-state index contributed by atoms with van der Waals surface area (Å²) in [4.78, 5) is 19.5. The fraction of sp³-hybridized carbons (Fsp3) is 0.778. The summed E-state index contributed by atoms with van der Waals surface area (Å²) in [7, 11) is 0. The maximum Gasteiger partial charge on any atom is 0.305 e. The number of hydrogen-bond donors (Lipinski definition) is 1. The van der Waals surface area contributed by atoms with Crippen LogP contribution in [0.4, 0.5) is 0 Å². The van der Waals surface area contributed by atoms with E-state index in [1.807, 2.05) is 0 Å². The zero-order valence-electron chi connectivity index (χ0n) is 8.50. The molecular formula is C9H18O4. The highest BCUT2D eigenvalue weighted by Gasteiger charge is 1.94. The number of unbranched alkanes of at least 4 members (excludes halogenated alkanes) is 1. The van der Waals surface area contributed by atoms with Crippen LogP contribution in [0.2, 0.25) is 0 Å². The highest BCUT2D eigenvalue weighted by Crippen LogP contribution is 1.90. The summed E-state index contributed by atoms with van der Waals surface area (Å²) < 4.78 is 4.79. The summed E-state index contributed by atoms with van der Waals surface area (Å²) in [5.74, 6) is -0.927. The van der Waals surface area contributed by atoms with Gasteiger partial charge in [-0.05, 0) is 6.42 Å². The van der Waals surface area contributed by atoms with Crippen LogP contribution in [0.15, 0.2) is 0 Å². The summed E-state index contributed by atoms with van der Waals surface area (Å²) in [6, 6.07) is 0. The third-order valence-electron chi connectivity index (χ3n) is 1.05. The van der Waals surface area contributed by atoms with E-state index in [0.29, 0.717) is 13.0 Å². The first-order valence-electron chi connectivity index (χ1n) is 4.39. The van der Waals surface area contributed by atoms with Gasteiger partial charge in [0.25, 0.3) is 5.97 Å². The third kappa shape index (κ3) is 24.8. The Kier molecular flexibility index (Phi) is 12.2. The molecule has 0 aromatic heterocycles. The summed E-state index contributed by atoms with van der Waals surface area (Å²) >= 11 is 0. The zero-order chi connectivity index (χ0) is 10.7. The van der Waals surface area contributed by atoms with Gasteiger partial charge in [-0.2, -0.15) is 0 Å². The molecular weight excluding hydrogens is 172 g/mol. The largest absolute Gasteiger partial charge is 0.481 e. The van der Waals surface area contributed by atoms with E-state index < -0.39 is 5.97 Å². The molecule has 0 unspecified atom stereocenters. The van der Waals surface area contributed by atoms with E-state index in [4.69, 9.17) is 14.6 Å². The summed E-state index contributed by atoms with van der Waals surface area (Å²) in [5.41, 5.74) is 0. The molecule has 0 spiro atoms. The number of carboxylic acid groups (broad SMARTS) is 1. The predicted octanol–water partition coefficient (Wildman–Crippen LogP) is 1.83. The fourth-order valence-electron chi connectivity index (χ4n) is 0.432. The first kappa shape index (κ1) is 14.5.